The molecule has 6 heterocycles. The molecule has 5 nitrogen and oxygen atoms in total. The van der Waals surface area contributed by atoms with Crippen LogP contribution in [0.4, 0.5) is 0 Å². The second-order valence-electron chi connectivity index (χ2n) is 7.77. The predicted molar refractivity (Wildman–Crippen MR) is 132 cm³/mol. The first kappa shape index (κ1) is 18.3. The lowest BCUT2D eigenvalue weighted by Crippen LogP contribution is -1.83. The van der Waals surface area contributed by atoms with E-state index in [1.807, 2.05) is 60.8 Å². The Kier molecular flexibility index (Phi) is 4.18. The molecule has 6 rings (SSSR count). The summed E-state index contributed by atoms with van der Waals surface area (Å²) in [6.07, 6.45) is 11.7. The molecule has 4 aromatic heterocycles. The Morgan fingerprint density at radius 2 is 1.34 bits per heavy atom. The fourth-order valence-corrected chi connectivity index (χ4v) is 3.95. The highest BCUT2D eigenvalue weighted by Crippen LogP contribution is 2.27. The van der Waals surface area contributed by atoms with E-state index in [0.717, 1.165) is 61.7 Å². The fraction of sp³-hybridized carbons (Fsp3) is 0. The second kappa shape index (κ2) is 7.32. The first-order chi connectivity index (χ1) is 15.7. The van der Waals surface area contributed by atoms with Crippen LogP contribution in [0.25, 0.3) is 63.7 Å². The molecule has 5 heteroatoms. The second-order valence-corrected chi connectivity index (χ2v) is 7.77. The number of aromatic nitrogens is 5. The van der Waals surface area contributed by atoms with Crippen LogP contribution in [0.15, 0.2) is 67.4 Å². The molecule has 0 unspecified atom stereocenters. The molecule has 152 valence electrons. The van der Waals surface area contributed by atoms with Gasteiger partial charge in [0, 0.05) is 28.3 Å². The van der Waals surface area contributed by atoms with Crippen molar-refractivity contribution in [3.05, 3.63) is 95.7 Å². The molecule has 0 saturated carbocycles. The topological polar surface area (TPSA) is 70.2 Å². The van der Waals surface area contributed by atoms with Crippen LogP contribution >= 0.6 is 0 Å². The monoisotopic (exact) mass is 413 g/mol. The highest BCUT2D eigenvalue weighted by Gasteiger charge is 2.08. The van der Waals surface area contributed by atoms with Crippen LogP contribution in [-0.2, 0) is 0 Å². The third-order valence-corrected chi connectivity index (χ3v) is 5.46. The molecule has 0 aromatic carbocycles. The Morgan fingerprint density at radius 1 is 0.656 bits per heavy atom. The van der Waals surface area contributed by atoms with Crippen LogP contribution in [0, 0.1) is 0 Å². The van der Waals surface area contributed by atoms with Crippen LogP contribution in [0.5, 0.6) is 0 Å². The molecular weight excluding hydrogens is 394 g/mol. The van der Waals surface area contributed by atoms with Gasteiger partial charge in [-0.3, -0.25) is 4.98 Å². The lowest BCUT2D eigenvalue weighted by Gasteiger charge is -1.99. The maximum absolute atomic E-state index is 4.75. The lowest BCUT2D eigenvalue weighted by atomic mass is 10.1. The molecule has 2 aliphatic rings. The quantitative estimate of drug-likeness (QED) is 0.347. The van der Waals surface area contributed by atoms with E-state index in [2.05, 4.69) is 56.8 Å². The van der Waals surface area contributed by atoms with Gasteiger partial charge in [-0.05, 0) is 84.5 Å². The van der Waals surface area contributed by atoms with E-state index >= 15 is 0 Å². The third-order valence-electron chi connectivity index (χ3n) is 5.46. The minimum atomic E-state index is 0.873. The van der Waals surface area contributed by atoms with Gasteiger partial charge in [0.15, 0.2) is 0 Å². The number of hydrogen-bond acceptors (Lipinski definition) is 3. The van der Waals surface area contributed by atoms with E-state index in [0.29, 0.717) is 0 Å². The summed E-state index contributed by atoms with van der Waals surface area (Å²) in [6.45, 7) is 3.88. The molecule has 32 heavy (non-hydrogen) atoms. The van der Waals surface area contributed by atoms with Gasteiger partial charge >= 0.3 is 0 Å². The number of pyridine rings is 1. The Hall–Kier alpha value is -4.51. The molecule has 2 aliphatic heterocycles. The molecular formula is C27H19N5. The van der Waals surface area contributed by atoms with Crippen LogP contribution in [0.1, 0.15) is 28.3 Å². The molecule has 0 atom stereocenters. The van der Waals surface area contributed by atoms with Gasteiger partial charge in [-0.15, -0.1) is 0 Å². The van der Waals surface area contributed by atoms with Crippen molar-refractivity contribution in [3.8, 4) is 11.3 Å². The van der Waals surface area contributed by atoms with E-state index in [4.69, 9.17) is 4.98 Å². The van der Waals surface area contributed by atoms with Crippen LogP contribution in [0.2, 0.25) is 0 Å². The van der Waals surface area contributed by atoms with Gasteiger partial charge < -0.3 is 9.97 Å². The van der Waals surface area contributed by atoms with Gasteiger partial charge in [0.05, 0.1) is 34.0 Å². The minimum absolute atomic E-state index is 0.873. The number of fused-ring (bicyclic) bond motifs is 8. The zero-order chi connectivity index (χ0) is 21.5. The Balaban J connectivity index is 1.67. The molecule has 0 amide bonds. The van der Waals surface area contributed by atoms with Gasteiger partial charge in [-0.1, -0.05) is 12.7 Å². The molecule has 2 N–H and O–H groups in total. The molecule has 4 aromatic rings. The summed E-state index contributed by atoms with van der Waals surface area (Å²) in [5, 5.41) is 0. The van der Waals surface area contributed by atoms with Gasteiger partial charge in [0.25, 0.3) is 0 Å². The standard InChI is InChI=1S/C27H19N5/c1-2-17-9-10-28-26(11-17)25-15-24-14-22-6-5-20(30-22)12-18-3-4-19(29-18)13-21-7-8-23(31-21)16-27(25)32-24/h2-16,30,32H,1H2. The number of aromatic amines is 2. The Labute approximate surface area is 184 Å². The average Bonchev–Trinajstić information content (AvgIpc) is 3.59. The summed E-state index contributed by atoms with van der Waals surface area (Å²) >= 11 is 0. The van der Waals surface area contributed by atoms with E-state index in [9.17, 15) is 0 Å². The zero-order valence-corrected chi connectivity index (χ0v) is 17.2. The van der Waals surface area contributed by atoms with Crippen LogP contribution in [0.3, 0.4) is 0 Å². The van der Waals surface area contributed by atoms with E-state index < -0.39 is 0 Å². The first-order valence-electron chi connectivity index (χ1n) is 10.4. The minimum Gasteiger partial charge on any atom is -0.355 e. The largest absolute Gasteiger partial charge is 0.355 e. The summed E-state index contributed by atoms with van der Waals surface area (Å²) in [5.74, 6) is 0. The summed E-state index contributed by atoms with van der Waals surface area (Å²) in [5.41, 5.74) is 10.4. The van der Waals surface area contributed by atoms with Gasteiger partial charge in [-0.2, -0.15) is 0 Å². The zero-order valence-electron chi connectivity index (χ0n) is 17.2. The summed E-state index contributed by atoms with van der Waals surface area (Å²) in [4.78, 5) is 21.0. The molecule has 0 aliphatic carbocycles. The summed E-state index contributed by atoms with van der Waals surface area (Å²) < 4.78 is 0. The van der Waals surface area contributed by atoms with E-state index in [-0.39, 0.29) is 0 Å². The number of nitrogens with one attached hydrogen (secondary N) is 2. The predicted octanol–water partition coefficient (Wildman–Crippen LogP) is 6.36. The van der Waals surface area contributed by atoms with Crippen LogP contribution < -0.4 is 0 Å². The van der Waals surface area contributed by atoms with E-state index in [1.165, 1.54) is 0 Å². The fourth-order valence-electron chi connectivity index (χ4n) is 3.95. The molecule has 8 bridgehead atoms. The van der Waals surface area contributed by atoms with Crippen molar-refractivity contribution in [3.63, 3.8) is 0 Å². The van der Waals surface area contributed by atoms with Crippen molar-refractivity contribution in [1.82, 2.24) is 24.9 Å². The maximum Gasteiger partial charge on any atom is 0.0729 e. The highest BCUT2D eigenvalue weighted by atomic mass is 14.8. The number of H-pyrrole nitrogens is 2. The normalized spacial score (nSPS) is 12.2. The molecule has 0 fully saturated rings. The van der Waals surface area contributed by atoms with Gasteiger partial charge in [0.2, 0.25) is 0 Å². The Morgan fingerprint density at radius 3 is 2.09 bits per heavy atom. The van der Waals surface area contributed by atoms with Crippen molar-refractivity contribution in [1.29, 1.82) is 0 Å². The van der Waals surface area contributed by atoms with Crippen molar-refractivity contribution in [2.75, 3.05) is 0 Å². The smallest absolute Gasteiger partial charge is 0.0729 e. The number of nitrogens with zero attached hydrogens (tertiary/aromatic N) is 3. The average molecular weight is 413 g/mol. The lowest BCUT2D eigenvalue weighted by molar-refractivity contribution is 1.27. The van der Waals surface area contributed by atoms with Gasteiger partial charge in [0.1, 0.15) is 0 Å². The highest BCUT2D eigenvalue weighted by molar-refractivity contribution is 5.87. The Bertz CT molecular complexity index is 1600. The van der Waals surface area contributed by atoms with Crippen molar-refractivity contribution in [2.24, 2.45) is 0 Å². The molecule has 0 saturated heterocycles. The number of rotatable bonds is 2. The summed E-state index contributed by atoms with van der Waals surface area (Å²) in [7, 11) is 0. The van der Waals surface area contributed by atoms with Crippen LogP contribution in [-0.4, -0.2) is 24.9 Å². The number of hydrogen-bond donors (Lipinski definition) is 2. The van der Waals surface area contributed by atoms with Crippen molar-refractivity contribution in [2.45, 2.75) is 0 Å². The SMILES string of the molecule is C=Cc1ccnc(-c2cc3cc4ccc(cc5nc(cc6nc(cc2[nH]3)C=C6)C=C5)[nH]4)c1. The summed E-state index contributed by atoms with van der Waals surface area (Å²) in [6, 6.07) is 18.4. The van der Waals surface area contributed by atoms with Crippen molar-refractivity contribution < 1.29 is 0 Å². The third kappa shape index (κ3) is 3.46. The molecule has 0 radical (unpaired) electrons. The van der Waals surface area contributed by atoms with Gasteiger partial charge in [-0.25, -0.2) is 9.97 Å². The molecule has 0 spiro atoms. The van der Waals surface area contributed by atoms with E-state index in [1.54, 1.807) is 0 Å². The van der Waals surface area contributed by atoms with Crippen molar-refractivity contribution >= 4 is 52.4 Å². The first-order valence-corrected chi connectivity index (χ1v) is 10.4. The maximum atomic E-state index is 4.75.